The van der Waals surface area contributed by atoms with E-state index in [2.05, 4.69) is 0 Å². The molecule has 0 saturated heterocycles. The molecule has 0 bridgehead atoms. The van der Waals surface area contributed by atoms with Gasteiger partial charge in [0.2, 0.25) is 0 Å². The van der Waals surface area contributed by atoms with Gasteiger partial charge >= 0.3 is 11.9 Å². The van der Waals surface area contributed by atoms with Crippen molar-refractivity contribution in [2.75, 3.05) is 19.4 Å². The van der Waals surface area contributed by atoms with Crippen LogP contribution in [-0.4, -0.2) is 51.7 Å². The first-order valence-corrected chi connectivity index (χ1v) is 11.3. The molecule has 0 radical (unpaired) electrons. The largest absolute Gasteiger partial charge is 0.481 e. The molecule has 8 nitrogen and oxygen atoms in total. The molecule has 1 aliphatic heterocycles. The predicted octanol–water partition coefficient (Wildman–Crippen LogP) is 2.19. The number of hydrogen-bond acceptors (Lipinski definition) is 6. The van der Waals surface area contributed by atoms with Crippen molar-refractivity contribution in [3.05, 3.63) is 48.5 Å². The molecule has 0 saturated carbocycles. The Kier molecular flexibility index (Phi) is 6.31. The fourth-order valence-corrected chi connectivity index (χ4v) is 6.78. The number of carbonyl (C=O) groups is 2. The molecule has 0 amide bonds. The zero-order valence-electron chi connectivity index (χ0n) is 16.1. The highest BCUT2D eigenvalue weighted by Crippen LogP contribution is 2.57. The Bertz CT molecular complexity index is 996. The monoisotopic (exact) mass is 434 g/mol. The number of fused-ring (bicyclic) bond motifs is 3. The van der Waals surface area contributed by atoms with Gasteiger partial charge in [-0.05, 0) is 30.5 Å². The van der Waals surface area contributed by atoms with E-state index < -0.39 is 62.9 Å². The zero-order valence-corrected chi connectivity index (χ0v) is 17.0. The normalized spacial score (nSPS) is 18.6. The van der Waals surface area contributed by atoms with Gasteiger partial charge in [0.15, 0.2) is 0 Å². The van der Waals surface area contributed by atoms with Crippen LogP contribution in [0, 0.1) is 11.3 Å². The minimum atomic E-state index is -3.84. The van der Waals surface area contributed by atoms with Gasteiger partial charge in [-0.2, -0.15) is 0 Å². The Hall–Kier alpha value is -2.67. The van der Waals surface area contributed by atoms with Crippen LogP contribution in [0.15, 0.2) is 48.5 Å². The molecule has 0 aromatic heterocycles. The topological polar surface area (TPSA) is 141 Å². The van der Waals surface area contributed by atoms with Crippen molar-refractivity contribution in [3.63, 3.8) is 0 Å². The summed E-state index contributed by atoms with van der Waals surface area (Å²) in [5.74, 6) is -4.28. The standard InChI is InChI=1S/C21H23O8P/c22-11-9-21(10-12-23,20(26)27)16(19(24)25)13-30(28)18-8-4-2-6-15(18)14-5-1-3-7-17(14)29-30/h1-8,16,22-23H,9-13H2,(H,24,25)(H,26,27). The van der Waals surface area contributed by atoms with Gasteiger partial charge in [0, 0.05) is 18.8 Å². The second-order valence-corrected chi connectivity index (χ2v) is 9.64. The molecule has 0 aliphatic carbocycles. The number of carboxylic acids is 2. The zero-order chi connectivity index (χ0) is 21.9. The first-order chi connectivity index (χ1) is 14.3. The lowest BCUT2D eigenvalue weighted by molar-refractivity contribution is -0.164. The fraction of sp³-hybridized carbons (Fsp3) is 0.333. The summed E-state index contributed by atoms with van der Waals surface area (Å²) in [6.45, 7) is -1.19. The van der Waals surface area contributed by atoms with E-state index in [1.165, 1.54) is 0 Å². The number of hydrogen-bond donors (Lipinski definition) is 4. The number of aliphatic carboxylic acids is 2. The summed E-state index contributed by atoms with van der Waals surface area (Å²) in [6, 6.07) is 13.7. The van der Waals surface area contributed by atoms with E-state index in [4.69, 9.17) is 4.52 Å². The number of benzene rings is 2. The third-order valence-corrected chi connectivity index (χ3v) is 8.09. The van der Waals surface area contributed by atoms with Crippen LogP contribution in [-0.2, 0) is 14.2 Å². The molecule has 2 aromatic rings. The van der Waals surface area contributed by atoms with Crippen molar-refractivity contribution in [2.24, 2.45) is 11.3 Å². The predicted molar refractivity (Wildman–Crippen MR) is 109 cm³/mol. The number of aliphatic hydroxyl groups excluding tert-OH is 2. The second kappa shape index (κ2) is 8.60. The maximum atomic E-state index is 14.0. The van der Waals surface area contributed by atoms with Crippen LogP contribution < -0.4 is 9.83 Å². The van der Waals surface area contributed by atoms with E-state index in [0.29, 0.717) is 22.2 Å². The molecule has 3 rings (SSSR count). The SMILES string of the molecule is O=C(O)C(CP1(=O)Oc2ccccc2-c2ccccc21)C(CCO)(CCO)C(=O)O. The van der Waals surface area contributed by atoms with Crippen molar-refractivity contribution in [1.82, 2.24) is 0 Å². The molecule has 160 valence electrons. The highest BCUT2D eigenvalue weighted by Gasteiger charge is 2.53. The summed E-state index contributed by atoms with van der Waals surface area (Å²) in [5.41, 5.74) is -0.652. The van der Waals surface area contributed by atoms with E-state index >= 15 is 0 Å². The van der Waals surface area contributed by atoms with E-state index in [9.17, 15) is 34.6 Å². The van der Waals surface area contributed by atoms with Crippen LogP contribution in [0.25, 0.3) is 11.1 Å². The van der Waals surface area contributed by atoms with Gasteiger partial charge in [-0.15, -0.1) is 0 Å². The first-order valence-electron chi connectivity index (χ1n) is 9.44. The van der Waals surface area contributed by atoms with Crippen molar-refractivity contribution in [2.45, 2.75) is 12.8 Å². The van der Waals surface area contributed by atoms with Gasteiger partial charge in [0.1, 0.15) is 5.75 Å². The third kappa shape index (κ3) is 3.74. The van der Waals surface area contributed by atoms with Gasteiger partial charge in [0.25, 0.3) is 7.37 Å². The van der Waals surface area contributed by atoms with Crippen LogP contribution in [0.3, 0.4) is 0 Å². The number of aliphatic hydroxyl groups is 2. The van der Waals surface area contributed by atoms with Crippen molar-refractivity contribution < 1.29 is 39.1 Å². The summed E-state index contributed by atoms with van der Waals surface area (Å²) >= 11 is 0. The summed E-state index contributed by atoms with van der Waals surface area (Å²) in [7, 11) is -3.84. The minimum absolute atomic E-state index is 0.322. The van der Waals surface area contributed by atoms with Crippen LogP contribution in [0.4, 0.5) is 0 Å². The highest BCUT2D eigenvalue weighted by atomic mass is 31.2. The average Bonchev–Trinajstić information content (AvgIpc) is 2.72. The Labute approximate surface area is 173 Å². The Balaban J connectivity index is 2.13. The molecule has 1 aliphatic rings. The minimum Gasteiger partial charge on any atom is -0.481 e. The van der Waals surface area contributed by atoms with Crippen molar-refractivity contribution in [3.8, 4) is 16.9 Å². The van der Waals surface area contributed by atoms with Crippen LogP contribution in [0.1, 0.15) is 12.8 Å². The van der Waals surface area contributed by atoms with Gasteiger partial charge in [0.05, 0.1) is 22.8 Å². The van der Waals surface area contributed by atoms with Gasteiger partial charge in [-0.3, -0.25) is 14.2 Å². The molecule has 0 fully saturated rings. The van der Waals surface area contributed by atoms with E-state index in [-0.39, 0.29) is 0 Å². The number of rotatable bonds is 9. The summed E-state index contributed by atoms with van der Waals surface area (Å²) < 4.78 is 19.8. The number of carboxylic acid groups (broad SMARTS) is 2. The third-order valence-electron chi connectivity index (χ3n) is 5.62. The summed E-state index contributed by atoms with van der Waals surface area (Å²) in [4.78, 5) is 24.3. The second-order valence-electron chi connectivity index (χ2n) is 7.26. The maximum absolute atomic E-state index is 14.0. The molecule has 0 spiro atoms. The summed E-state index contributed by atoms with van der Waals surface area (Å²) in [6.07, 6.45) is -1.39. The van der Waals surface area contributed by atoms with Gasteiger partial charge in [-0.25, -0.2) is 0 Å². The van der Waals surface area contributed by atoms with Crippen molar-refractivity contribution >= 4 is 24.6 Å². The van der Waals surface area contributed by atoms with E-state index in [0.717, 1.165) is 0 Å². The molecule has 30 heavy (non-hydrogen) atoms. The molecule has 1 heterocycles. The Morgan fingerprint density at radius 1 is 0.933 bits per heavy atom. The Morgan fingerprint density at radius 3 is 2.07 bits per heavy atom. The van der Waals surface area contributed by atoms with Crippen LogP contribution in [0.2, 0.25) is 0 Å². The molecule has 2 atom stereocenters. The van der Waals surface area contributed by atoms with Gasteiger partial charge in [-0.1, -0.05) is 36.4 Å². The molecule has 2 aromatic carbocycles. The molecular weight excluding hydrogens is 411 g/mol. The lowest BCUT2D eigenvalue weighted by Crippen LogP contribution is -2.46. The van der Waals surface area contributed by atoms with Crippen molar-refractivity contribution in [1.29, 1.82) is 0 Å². The lowest BCUT2D eigenvalue weighted by Gasteiger charge is -2.37. The molecule has 4 N–H and O–H groups in total. The van der Waals surface area contributed by atoms with E-state index in [1.807, 2.05) is 0 Å². The Morgan fingerprint density at radius 2 is 1.50 bits per heavy atom. The molecule has 9 heteroatoms. The molecule has 2 unspecified atom stereocenters. The van der Waals surface area contributed by atoms with Crippen LogP contribution in [0.5, 0.6) is 5.75 Å². The van der Waals surface area contributed by atoms with Crippen LogP contribution >= 0.6 is 7.37 Å². The van der Waals surface area contributed by atoms with E-state index in [1.54, 1.807) is 48.5 Å². The first kappa shape index (κ1) is 22.0. The van der Waals surface area contributed by atoms with Gasteiger partial charge < -0.3 is 24.9 Å². The quantitative estimate of drug-likeness (QED) is 0.440. The fourth-order valence-electron chi connectivity index (χ4n) is 4.08. The maximum Gasteiger partial charge on any atom is 0.310 e. The summed E-state index contributed by atoms with van der Waals surface area (Å²) in [5, 5.41) is 38.9. The highest BCUT2D eigenvalue weighted by molar-refractivity contribution is 7.67. The lowest BCUT2D eigenvalue weighted by atomic mass is 9.71. The smallest absolute Gasteiger partial charge is 0.310 e. The number of para-hydroxylation sites is 1. The average molecular weight is 434 g/mol. The molecular formula is C21H23O8P.